The van der Waals surface area contributed by atoms with Crippen LogP contribution in [0.15, 0.2) is 58.1 Å². The van der Waals surface area contributed by atoms with Crippen molar-refractivity contribution in [2.24, 2.45) is 5.92 Å². The molecule has 0 unspecified atom stereocenters. The number of aromatic nitrogens is 2. The number of amides is 1. The summed E-state index contributed by atoms with van der Waals surface area (Å²) in [6.07, 6.45) is 0. The molecular formula is C23H27N3O3. The Morgan fingerprint density at radius 1 is 0.966 bits per heavy atom. The van der Waals surface area contributed by atoms with Crippen molar-refractivity contribution >= 4 is 16.8 Å². The van der Waals surface area contributed by atoms with Crippen LogP contribution in [0.2, 0.25) is 0 Å². The number of carbonyl (C=O) groups excluding carboxylic acids is 1. The molecule has 0 aliphatic heterocycles. The summed E-state index contributed by atoms with van der Waals surface area (Å²) in [4.78, 5) is 38.7. The first kappa shape index (κ1) is 20.6. The lowest BCUT2D eigenvalue weighted by molar-refractivity contribution is -0.121. The number of fused-ring (bicyclic) bond motifs is 1. The quantitative estimate of drug-likeness (QED) is 0.700. The summed E-state index contributed by atoms with van der Waals surface area (Å²) in [7, 11) is 0. The number of hydrogen-bond acceptors (Lipinski definition) is 3. The predicted molar refractivity (Wildman–Crippen MR) is 116 cm³/mol. The predicted octanol–water partition coefficient (Wildman–Crippen LogP) is 3.05. The normalized spacial score (nSPS) is 11.4. The summed E-state index contributed by atoms with van der Waals surface area (Å²) < 4.78 is 2.50. The van der Waals surface area contributed by atoms with Gasteiger partial charge in [0.05, 0.1) is 16.6 Å². The van der Waals surface area contributed by atoms with Crippen LogP contribution in [-0.2, 0) is 11.3 Å². The van der Waals surface area contributed by atoms with Gasteiger partial charge in [-0.15, -0.1) is 0 Å². The second-order valence-electron chi connectivity index (χ2n) is 7.97. The molecule has 29 heavy (non-hydrogen) atoms. The van der Waals surface area contributed by atoms with Crippen LogP contribution in [0.3, 0.4) is 0 Å². The lowest BCUT2D eigenvalue weighted by Gasteiger charge is -2.15. The van der Waals surface area contributed by atoms with E-state index in [1.807, 2.05) is 26.0 Å². The molecule has 1 heterocycles. The number of nitrogens with zero attached hydrogens (tertiary/aromatic N) is 2. The van der Waals surface area contributed by atoms with Gasteiger partial charge >= 0.3 is 5.69 Å². The summed E-state index contributed by atoms with van der Waals surface area (Å²) >= 11 is 0. The fraction of sp³-hybridized carbons (Fsp3) is 0.348. The van der Waals surface area contributed by atoms with E-state index in [1.54, 1.807) is 36.4 Å². The molecule has 0 aliphatic rings. The fourth-order valence-electron chi connectivity index (χ4n) is 3.23. The molecule has 0 fully saturated rings. The highest BCUT2D eigenvalue weighted by molar-refractivity contribution is 5.81. The van der Waals surface area contributed by atoms with E-state index < -0.39 is 5.69 Å². The van der Waals surface area contributed by atoms with Gasteiger partial charge in [0.2, 0.25) is 5.91 Å². The van der Waals surface area contributed by atoms with Gasteiger partial charge in [-0.05, 0) is 41.7 Å². The maximum Gasteiger partial charge on any atom is 0.336 e. The van der Waals surface area contributed by atoms with Crippen LogP contribution in [0.1, 0.15) is 39.2 Å². The van der Waals surface area contributed by atoms with Gasteiger partial charge in [-0.25, -0.2) is 9.36 Å². The van der Waals surface area contributed by atoms with Crippen molar-refractivity contribution in [3.63, 3.8) is 0 Å². The van der Waals surface area contributed by atoms with Gasteiger partial charge in [0.25, 0.3) is 5.56 Å². The highest BCUT2D eigenvalue weighted by Gasteiger charge is 2.16. The Hall–Kier alpha value is -3.15. The highest BCUT2D eigenvalue weighted by Crippen LogP contribution is 2.16. The number of nitrogens with one attached hydrogen (secondary N) is 1. The van der Waals surface area contributed by atoms with E-state index in [0.717, 1.165) is 10.1 Å². The maximum atomic E-state index is 13.2. The van der Waals surface area contributed by atoms with Gasteiger partial charge < -0.3 is 5.32 Å². The molecule has 1 aromatic heterocycles. The molecule has 0 saturated heterocycles. The van der Waals surface area contributed by atoms with Gasteiger partial charge in [-0.2, -0.15) is 0 Å². The molecule has 3 aromatic rings. The van der Waals surface area contributed by atoms with Crippen LogP contribution in [0.4, 0.5) is 0 Å². The fourth-order valence-corrected chi connectivity index (χ4v) is 3.23. The summed E-state index contributed by atoms with van der Waals surface area (Å²) in [5.74, 6) is 0.394. The Balaban J connectivity index is 2.15. The summed E-state index contributed by atoms with van der Waals surface area (Å²) in [6.45, 7) is 8.56. The first-order valence-corrected chi connectivity index (χ1v) is 9.91. The standard InChI is InChI=1S/C23H27N3O3/c1-15(2)13-24-21(27)14-25-20-8-6-5-7-19(20)22(28)26(23(25)29)18-11-9-17(10-12-18)16(3)4/h5-12,15-16H,13-14H2,1-4H3,(H,24,27). The lowest BCUT2D eigenvalue weighted by Crippen LogP contribution is -2.42. The third-order valence-corrected chi connectivity index (χ3v) is 4.88. The van der Waals surface area contributed by atoms with Crippen molar-refractivity contribution in [3.05, 3.63) is 74.9 Å². The zero-order valence-corrected chi connectivity index (χ0v) is 17.3. The second-order valence-corrected chi connectivity index (χ2v) is 7.97. The Bertz CT molecular complexity index is 1140. The Kier molecular flexibility index (Phi) is 6.01. The first-order valence-electron chi connectivity index (χ1n) is 9.91. The number of rotatable bonds is 6. The van der Waals surface area contributed by atoms with E-state index in [1.165, 1.54) is 4.57 Å². The molecule has 1 amide bonds. The zero-order chi connectivity index (χ0) is 21.1. The zero-order valence-electron chi connectivity index (χ0n) is 17.3. The van der Waals surface area contributed by atoms with Crippen LogP contribution in [-0.4, -0.2) is 21.6 Å². The van der Waals surface area contributed by atoms with Crippen molar-refractivity contribution in [2.45, 2.75) is 40.2 Å². The molecule has 0 aliphatic carbocycles. The minimum absolute atomic E-state index is 0.142. The van der Waals surface area contributed by atoms with Crippen LogP contribution in [0.5, 0.6) is 0 Å². The SMILES string of the molecule is CC(C)CNC(=O)Cn1c(=O)n(-c2ccc(C(C)C)cc2)c(=O)c2ccccc21. The smallest absolute Gasteiger partial charge is 0.336 e. The maximum absolute atomic E-state index is 13.2. The average molecular weight is 393 g/mol. The minimum Gasteiger partial charge on any atom is -0.354 e. The number of para-hydroxylation sites is 1. The Morgan fingerprint density at radius 3 is 2.24 bits per heavy atom. The number of benzene rings is 2. The van der Waals surface area contributed by atoms with Gasteiger partial charge in [-0.3, -0.25) is 14.2 Å². The molecule has 1 N–H and O–H groups in total. The van der Waals surface area contributed by atoms with Crippen LogP contribution in [0, 0.1) is 5.92 Å². The highest BCUT2D eigenvalue weighted by atomic mass is 16.2. The summed E-state index contributed by atoms with van der Waals surface area (Å²) in [5, 5.41) is 3.23. The molecular weight excluding hydrogens is 366 g/mol. The van der Waals surface area contributed by atoms with E-state index in [2.05, 4.69) is 19.2 Å². The molecule has 2 aromatic carbocycles. The molecule has 0 saturated carbocycles. The van der Waals surface area contributed by atoms with Crippen LogP contribution in [0.25, 0.3) is 16.6 Å². The molecule has 0 bridgehead atoms. The molecule has 6 heteroatoms. The van der Waals surface area contributed by atoms with Gasteiger partial charge in [0.15, 0.2) is 0 Å². The molecule has 3 rings (SSSR count). The number of hydrogen-bond donors (Lipinski definition) is 1. The van der Waals surface area contributed by atoms with Crippen molar-refractivity contribution in [2.75, 3.05) is 6.54 Å². The molecule has 0 atom stereocenters. The summed E-state index contributed by atoms with van der Waals surface area (Å²) in [5.41, 5.74) is 1.16. The first-order chi connectivity index (χ1) is 13.8. The van der Waals surface area contributed by atoms with Crippen molar-refractivity contribution < 1.29 is 4.79 Å². The van der Waals surface area contributed by atoms with Crippen LogP contribution >= 0.6 is 0 Å². The third kappa shape index (κ3) is 4.31. The lowest BCUT2D eigenvalue weighted by atomic mass is 10.0. The molecule has 0 spiro atoms. The second kappa shape index (κ2) is 8.47. The molecule has 0 radical (unpaired) electrons. The topological polar surface area (TPSA) is 73.1 Å². The Morgan fingerprint density at radius 2 is 1.62 bits per heavy atom. The largest absolute Gasteiger partial charge is 0.354 e. The van der Waals surface area contributed by atoms with Crippen molar-refractivity contribution in [1.29, 1.82) is 0 Å². The van der Waals surface area contributed by atoms with Gasteiger partial charge in [0, 0.05) is 6.54 Å². The van der Waals surface area contributed by atoms with E-state index >= 15 is 0 Å². The van der Waals surface area contributed by atoms with E-state index in [-0.39, 0.29) is 18.0 Å². The molecule has 152 valence electrons. The Labute approximate surface area is 169 Å². The van der Waals surface area contributed by atoms with E-state index in [4.69, 9.17) is 0 Å². The van der Waals surface area contributed by atoms with Crippen molar-refractivity contribution in [1.82, 2.24) is 14.5 Å². The van der Waals surface area contributed by atoms with E-state index in [9.17, 15) is 14.4 Å². The molecule has 6 nitrogen and oxygen atoms in total. The van der Waals surface area contributed by atoms with Crippen LogP contribution < -0.4 is 16.6 Å². The summed E-state index contributed by atoms with van der Waals surface area (Å²) in [6, 6.07) is 14.3. The van der Waals surface area contributed by atoms with E-state index in [0.29, 0.717) is 35.0 Å². The van der Waals surface area contributed by atoms with Crippen molar-refractivity contribution in [3.8, 4) is 5.69 Å². The number of carbonyl (C=O) groups is 1. The average Bonchev–Trinajstić information content (AvgIpc) is 2.70. The third-order valence-electron chi connectivity index (χ3n) is 4.88. The minimum atomic E-state index is -0.523. The van der Waals surface area contributed by atoms with Gasteiger partial charge in [0.1, 0.15) is 6.54 Å². The van der Waals surface area contributed by atoms with Gasteiger partial charge in [-0.1, -0.05) is 52.0 Å². The monoisotopic (exact) mass is 393 g/mol.